The van der Waals surface area contributed by atoms with E-state index in [4.69, 9.17) is 4.74 Å². The quantitative estimate of drug-likeness (QED) is 0.757. The standard InChI is InChI=1S/C18H20N2O/c1-11(2)17-7-13-5-12(3)16(8-18(13)20-17)14-6-15(21-4)10-19-9-14/h5-11,20H,1-4H3. The number of nitrogens with zero attached hydrogens (tertiary/aromatic N) is 1. The molecule has 0 aliphatic heterocycles. The highest BCUT2D eigenvalue weighted by Gasteiger charge is 2.09. The number of aromatic nitrogens is 2. The molecule has 0 unspecified atom stereocenters. The molecule has 0 aliphatic carbocycles. The van der Waals surface area contributed by atoms with Gasteiger partial charge in [0.05, 0.1) is 13.3 Å². The lowest BCUT2D eigenvalue weighted by Gasteiger charge is -2.08. The topological polar surface area (TPSA) is 37.9 Å². The van der Waals surface area contributed by atoms with Crippen molar-refractivity contribution in [2.75, 3.05) is 7.11 Å². The zero-order valence-electron chi connectivity index (χ0n) is 12.9. The smallest absolute Gasteiger partial charge is 0.137 e. The van der Waals surface area contributed by atoms with Crippen LogP contribution in [0.5, 0.6) is 5.75 Å². The first-order valence-corrected chi connectivity index (χ1v) is 7.21. The third-order valence-corrected chi connectivity index (χ3v) is 3.87. The maximum Gasteiger partial charge on any atom is 0.137 e. The SMILES string of the molecule is COc1cncc(-c2cc3[nH]c(C(C)C)cc3cc2C)c1. The molecule has 0 fully saturated rings. The summed E-state index contributed by atoms with van der Waals surface area (Å²) in [5.74, 6) is 1.28. The minimum Gasteiger partial charge on any atom is -0.495 e. The van der Waals surface area contributed by atoms with Crippen LogP contribution >= 0.6 is 0 Å². The molecule has 0 aliphatic rings. The van der Waals surface area contributed by atoms with Gasteiger partial charge in [-0.25, -0.2) is 0 Å². The van der Waals surface area contributed by atoms with Gasteiger partial charge in [0.2, 0.25) is 0 Å². The highest BCUT2D eigenvalue weighted by Crippen LogP contribution is 2.31. The fourth-order valence-corrected chi connectivity index (χ4v) is 2.62. The maximum atomic E-state index is 5.27. The summed E-state index contributed by atoms with van der Waals surface area (Å²) in [6, 6.07) is 8.69. The highest BCUT2D eigenvalue weighted by molar-refractivity contribution is 5.87. The summed E-state index contributed by atoms with van der Waals surface area (Å²) >= 11 is 0. The molecule has 21 heavy (non-hydrogen) atoms. The number of pyridine rings is 1. The summed E-state index contributed by atoms with van der Waals surface area (Å²) in [5, 5.41) is 1.26. The van der Waals surface area contributed by atoms with Gasteiger partial charge in [-0.1, -0.05) is 13.8 Å². The second-order valence-corrected chi connectivity index (χ2v) is 5.75. The van der Waals surface area contributed by atoms with E-state index in [0.29, 0.717) is 5.92 Å². The fourth-order valence-electron chi connectivity index (χ4n) is 2.62. The molecular weight excluding hydrogens is 260 g/mol. The number of benzene rings is 1. The molecule has 0 bridgehead atoms. The molecule has 0 amide bonds. The first-order valence-electron chi connectivity index (χ1n) is 7.21. The van der Waals surface area contributed by atoms with E-state index in [9.17, 15) is 0 Å². The van der Waals surface area contributed by atoms with Crippen molar-refractivity contribution in [2.24, 2.45) is 0 Å². The van der Waals surface area contributed by atoms with E-state index in [0.717, 1.165) is 11.3 Å². The zero-order chi connectivity index (χ0) is 15.0. The van der Waals surface area contributed by atoms with Crippen molar-refractivity contribution >= 4 is 10.9 Å². The number of nitrogens with one attached hydrogen (secondary N) is 1. The first kappa shape index (κ1) is 13.7. The molecule has 0 saturated carbocycles. The Morgan fingerprint density at radius 2 is 1.90 bits per heavy atom. The fraction of sp³-hybridized carbons (Fsp3) is 0.278. The molecule has 1 aromatic carbocycles. The van der Waals surface area contributed by atoms with Gasteiger partial charge < -0.3 is 9.72 Å². The van der Waals surface area contributed by atoms with Crippen LogP contribution in [-0.2, 0) is 0 Å². The number of rotatable bonds is 3. The predicted molar refractivity (Wildman–Crippen MR) is 86.9 cm³/mol. The van der Waals surface area contributed by atoms with Crippen LogP contribution in [0.1, 0.15) is 31.0 Å². The molecule has 2 aromatic heterocycles. The van der Waals surface area contributed by atoms with Gasteiger partial charge in [-0.2, -0.15) is 0 Å². The lowest BCUT2D eigenvalue weighted by atomic mass is 10.00. The molecular formula is C18H20N2O. The number of ether oxygens (including phenoxy) is 1. The van der Waals surface area contributed by atoms with Crippen molar-refractivity contribution in [2.45, 2.75) is 26.7 Å². The third-order valence-electron chi connectivity index (χ3n) is 3.87. The molecule has 3 rings (SSSR count). The number of hydrogen-bond donors (Lipinski definition) is 1. The van der Waals surface area contributed by atoms with Crippen molar-refractivity contribution in [1.82, 2.24) is 9.97 Å². The molecule has 3 aromatic rings. The number of aromatic amines is 1. The second kappa shape index (κ2) is 5.24. The molecule has 0 radical (unpaired) electrons. The molecule has 0 spiro atoms. The van der Waals surface area contributed by atoms with Crippen molar-refractivity contribution in [1.29, 1.82) is 0 Å². The average Bonchev–Trinajstić information content (AvgIpc) is 2.89. The summed E-state index contributed by atoms with van der Waals surface area (Å²) in [7, 11) is 1.66. The van der Waals surface area contributed by atoms with Crippen LogP contribution < -0.4 is 4.74 Å². The van der Waals surface area contributed by atoms with E-state index in [1.165, 1.54) is 27.7 Å². The van der Waals surface area contributed by atoms with Gasteiger partial charge in [0, 0.05) is 23.0 Å². The van der Waals surface area contributed by atoms with Crippen LogP contribution in [-0.4, -0.2) is 17.1 Å². The van der Waals surface area contributed by atoms with Crippen LogP contribution in [0.2, 0.25) is 0 Å². The Hall–Kier alpha value is -2.29. The van der Waals surface area contributed by atoms with E-state index >= 15 is 0 Å². The van der Waals surface area contributed by atoms with Crippen LogP contribution in [0.4, 0.5) is 0 Å². The number of methoxy groups -OCH3 is 1. The molecule has 0 saturated heterocycles. The Kier molecular flexibility index (Phi) is 3.42. The molecule has 0 atom stereocenters. The molecule has 3 heteroatoms. The number of aryl methyl sites for hydroxylation is 1. The lowest BCUT2D eigenvalue weighted by molar-refractivity contribution is 0.413. The summed E-state index contributed by atoms with van der Waals surface area (Å²) in [4.78, 5) is 7.76. The normalized spacial score (nSPS) is 11.3. The van der Waals surface area contributed by atoms with E-state index in [-0.39, 0.29) is 0 Å². The van der Waals surface area contributed by atoms with Gasteiger partial charge >= 0.3 is 0 Å². The summed E-state index contributed by atoms with van der Waals surface area (Å²) in [5.41, 5.74) is 5.94. The molecule has 2 heterocycles. The predicted octanol–water partition coefficient (Wildman–Crippen LogP) is 4.67. The Labute approximate surface area is 125 Å². The number of hydrogen-bond acceptors (Lipinski definition) is 2. The highest BCUT2D eigenvalue weighted by atomic mass is 16.5. The lowest BCUT2D eigenvalue weighted by Crippen LogP contribution is -1.88. The van der Waals surface area contributed by atoms with Gasteiger partial charge in [-0.3, -0.25) is 4.98 Å². The van der Waals surface area contributed by atoms with Crippen LogP contribution in [0.25, 0.3) is 22.0 Å². The number of H-pyrrole nitrogens is 1. The van der Waals surface area contributed by atoms with Gasteiger partial charge in [-0.15, -0.1) is 0 Å². The van der Waals surface area contributed by atoms with E-state index in [1.54, 1.807) is 13.3 Å². The zero-order valence-corrected chi connectivity index (χ0v) is 12.9. The minimum absolute atomic E-state index is 0.500. The van der Waals surface area contributed by atoms with Gasteiger partial charge in [-0.05, 0) is 53.6 Å². The average molecular weight is 280 g/mol. The Morgan fingerprint density at radius 1 is 1.10 bits per heavy atom. The van der Waals surface area contributed by atoms with Gasteiger partial charge in [0.25, 0.3) is 0 Å². The monoisotopic (exact) mass is 280 g/mol. The Balaban J connectivity index is 2.15. The first-order chi connectivity index (χ1) is 10.1. The summed E-state index contributed by atoms with van der Waals surface area (Å²) < 4.78 is 5.27. The van der Waals surface area contributed by atoms with Crippen molar-refractivity contribution in [3.05, 3.63) is 47.9 Å². The van der Waals surface area contributed by atoms with Crippen LogP contribution in [0, 0.1) is 6.92 Å². The maximum absolute atomic E-state index is 5.27. The number of fused-ring (bicyclic) bond motifs is 1. The third kappa shape index (κ3) is 2.51. The summed E-state index contributed by atoms with van der Waals surface area (Å²) in [6.07, 6.45) is 3.60. The van der Waals surface area contributed by atoms with Crippen LogP contribution in [0.3, 0.4) is 0 Å². The summed E-state index contributed by atoms with van der Waals surface area (Å²) in [6.45, 7) is 6.53. The van der Waals surface area contributed by atoms with Crippen LogP contribution in [0.15, 0.2) is 36.7 Å². The Morgan fingerprint density at radius 3 is 2.62 bits per heavy atom. The van der Waals surface area contributed by atoms with Crippen molar-refractivity contribution in [3.63, 3.8) is 0 Å². The molecule has 1 N–H and O–H groups in total. The Bertz CT molecular complexity index is 787. The largest absolute Gasteiger partial charge is 0.495 e. The van der Waals surface area contributed by atoms with Gasteiger partial charge in [0.15, 0.2) is 0 Å². The van der Waals surface area contributed by atoms with E-state index in [1.807, 2.05) is 12.3 Å². The van der Waals surface area contributed by atoms with Gasteiger partial charge in [0.1, 0.15) is 5.75 Å². The molecule has 3 nitrogen and oxygen atoms in total. The van der Waals surface area contributed by atoms with E-state index < -0.39 is 0 Å². The van der Waals surface area contributed by atoms with E-state index in [2.05, 4.69) is 48.9 Å². The van der Waals surface area contributed by atoms with Crippen molar-refractivity contribution in [3.8, 4) is 16.9 Å². The van der Waals surface area contributed by atoms with Crippen molar-refractivity contribution < 1.29 is 4.74 Å². The second-order valence-electron chi connectivity index (χ2n) is 5.75. The minimum atomic E-state index is 0.500. The molecule has 108 valence electrons.